The Morgan fingerprint density at radius 3 is 2.60 bits per heavy atom. The number of carbonyl (C=O) groups excluding carboxylic acids is 1. The molecule has 0 saturated heterocycles. The van der Waals surface area contributed by atoms with Gasteiger partial charge >= 0.3 is 0 Å². The van der Waals surface area contributed by atoms with E-state index in [9.17, 15) is 4.79 Å². The first-order chi connectivity index (χ1) is 14.6. The Labute approximate surface area is 175 Å². The molecule has 30 heavy (non-hydrogen) atoms. The van der Waals surface area contributed by atoms with Crippen LogP contribution in [0.25, 0.3) is 11.1 Å². The number of hydrogen-bond donors (Lipinski definition) is 1. The molecule has 1 saturated carbocycles. The summed E-state index contributed by atoms with van der Waals surface area (Å²) in [6, 6.07) is 19.9. The summed E-state index contributed by atoms with van der Waals surface area (Å²) in [4.78, 5) is 13.3. The van der Waals surface area contributed by atoms with Crippen molar-refractivity contribution in [2.75, 3.05) is 12.1 Å². The third-order valence-corrected chi connectivity index (χ3v) is 6.06. The number of fused-ring (bicyclic) bond motifs is 1. The molecule has 0 atom stereocenters. The van der Waals surface area contributed by atoms with Crippen LogP contribution >= 0.6 is 0 Å². The van der Waals surface area contributed by atoms with Crippen LogP contribution < -0.4 is 20.5 Å². The van der Waals surface area contributed by atoms with Gasteiger partial charge in [-0.25, -0.2) is 0 Å². The van der Waals surface area contributed by atoms with Crippen molar-refractivity contribution < 1.29 is 14.3 Å². The Bertz CT molecular complexity index is 1130. The second-order valence-corrected chi connectivity index (χ2v) is 8.01. The molecular formula is C25H23N2O3. The lowest BCUT2D eigenvalue weighted by Gasteiger charge is -2.18. The zero-order valence-corrected chi connectivity index (χ0v) is 16.8. The number of rotatable bonds is 5. The molecule has 1 aliphatic carbocycles. The molecule has 151 valence electrons. The zero-order chi connectivity index (χ0) is 20.7. The molecule has 0 bridgehead atoms. The summed E-state index contributed by atoms with van der Waals surface area (Å²) in [5.74, 6) is 1.45. The second-order valence-electron chi connectivity index (χ2n) is 8.01. The molecular weight excluding hydrogens is 376 g/mol. The van der Waals surface area contributed by atoms with Gasteiger partial charge in [0, 0.05) is 12.2 Å². The van der Waals surface area contributed by atoms with Crippen LogP contribution in [0.15, 0.2) is 60.7 Å². The smallest absolute Gasteiger partial charge is 0.235 e. The lowest BCUT2D eigenvalue weighted by molar-refractivity contribution is -0.118. The van der Waals surface area contributed by atoms with Gasteiger partial charge in [0.15, 0.2) is 11.5 Å². The molecule has 3 aromatic carbocycles. The minimum atomic E-state index is -0.505. The topological polar surface area (TPSA) is 71.4 Å². The number of aryl methyl sites for hydroxylation is 1. The molecule has 3 aromatic rings. The first kappa shape index (κ1) is 18.7. The molecule has 2 aliphatic rings. The monoisotopic (exact) mass is 399 g/mol. The summed E-state index contributed by atoms with van der Waals surface area (Å²) in [6.45, 7) is 2.48. The molecule has 1 aliphatic heterocycles. The number of nitrogens with one attached hydrogen (secondary N) is 2. The van der Waals surface area contributed by atoms with Crippen LogP contribution in [0.2, 0.25) is 0 Å². The minimum absolute atomic E-state index is 0.0153. The molecule has 1 fully saturated rings. The van der Waals surface area contributed by atoms with E-state index in [4.69, 9.17) is 15.2 Å². The van der Waals surface area contributed by atoms with Gasteiger partial charge < -0.3 is 14.8 Å². The highest BCUT2D eigenvalue weighted by Crippen LogP contribution is 2.51. The van der Waals surface area contributed by atoms with Crippen molar-refractivity contribution >= 4 is 11.6 Å². The molecule has 1 heterocycles. The highest BCUT2D eigenvalue weighted by molar-refractivity contribution is 6.02. The number of ether oxygens (including phenoxy) is 2. The highest BCUT2D eigenvalue weighted by atomic mass is 16.7. The van der Waals surface area contributed by atoms with Crippen molar-refractivity contribution in [3.8, 4) is 22.6 Å². The van der Waals surface area contributed by atoms with E-state index in [1.54, 1.807) is 0 Å². The van der Waals surface area contributed by atoms with Crippen LogP contribution in [0.3, 0.4) is 0 Å². The van der Waals surface area contributed by atoms with Gasteiger partial charge in [0.05, 0.1) is 5.41 Å². The van der Waals surface area contributed by atoms with Crippen LogP contribution in [0.5, 0.6) is 11.5 Å². The van der Waals surface area contributed by atoms with E-state index in [0.29, 0.717) is 5.75 Å². The van der Waals surface area contributed by atoms with Crippen molar-refractivity contribution in [2.24, 2.45) is 0 Å². The number of hydrogen-bond acceptors (Lipinski definition) is 3. The molecule has 1 amide bonds. The van der Waals surface area contributed by atoms with Gasteiger partial charge in [-0.05, 0) is 71.8 Å². The fourth-order valence-electron chi connectivity index (χ4n) is 4.01. The van der Waals surface area contributed by atoms with Gasteiger partial charge in [-0.1, -0.05) is 36.4 Å². The highest BCUT2D eigenvalue weighted by Gasteiger charge is 2.51. The molecule has 1 radical (unpaired) electrons. The van der Waals surface area contributed by atoms with Crippen molar-refractivity contribution in [2.45, 2.75) is 31.7 Å². The van der Waals surface area contributed by atoms with Gasteiger partial charge in [0.2, 0.25) is 12.7 Å². The van der Waals surface area contributed by atoms with Crippen LogP contribution in [0.1, 0.15) is 29.5 Å². The number of anilines is 1. The largest absolute Gasteiger partial charge is 0.454 e. The summed E-state index contributed by atoms with van der Waals surface area (Å²) in [6.07, 6.45) is 1.64. The summed E-state index contributed by atoms with van der Waals surface area (Å²) < 4.78 is 10.9. The number of amides is 1. The standard InChI is InChI=1S/C25H23N2O3/c1-16-5-6-19(18-4-2-3-17(11-18)14-26)12-21(16)27-24(28)25(9-10-25)20-7-8-22-23(13-20)30-15-29-22/h2-8,11-13,26H,9-10,14-15H2,1H3,(H,27,28). The van der Waals surface area contributed by atoms with Crippen LogP contribution in [-0.2, 0) is 16.8 Å². The average Bonchev–Trinajstić information content (AvgIpc) is 3.46. The average molecular weight is 399 g/mol. The van der Waals surface area contributed by atoms with E-state index >= 15 is 0 Å². The summed E-state index contributed by atoms with van der Waals surface area (Å²) in [7, 11) is 0. The SMILES string of the molecule is Cc1ccc(-c2cccc(C[NH])c2)cc1NC(=O)C1(c2ccc3c(c2)OCO3)CC1. The molecule has 0 unspecified atom stereocenters. The van der Waals surface area contributed by atoms with Gasteiger partial charge in [0.1, 0.15) is 0 Å². The first-order valence-corrected chi connectivity index (χ1v) is 10.2. The number of carbonyl (C=O) groups is 1. The van der Waals surface area contributed by atoms with Gasteiger partial charge in [-0.15, -0.1) is 0 Å². The molecule has 5 rings (SSSR count). The zero-order valence-electron chi connectivity index (χ0n) is 16.8. The van der Waals surface area contributed by atoms with E-state index in [2.05, 4.69) is 11.4 Å². The summed E-state index contributed by atoms with van der Waals surface area (Å²) in [5, 5.41) is 3.17. The van der Waals surface area contributed by atoms with Crippen LogP contribution in [0, 0.1) is 6.92 Å². The van der Waals surface area contributed by atoms with Crippen molar-refractivity contribution in [1.29, 1.82) is 0 Å². The van der Waals surface area contributed by atoms with E-state index < -0.39 is 5.41 Å². The van der Waals surface area contributed by atoms with Gasteiger partial charge in [-0.2, -0.15) is 0 Å². The lowest BCUT2D eigenvalue weighted by Crippen LogP contribution is -2.28. The van der Waals surface area contributed by atoms with E-state index in [1.165, 1.54) is 0 Å². The van der Waals surface area contributed by atoms with E-state index in [0.717, 1.165) is 52.1 Å². The molecule has 0 spiro atoms. The minimum Gasteiger partial charge on any atom is -0.454 e. The van der Waals surface area contributed by atoms with Crippen molar-refractivity contribution in [3.05, 3.63) is 77.4 Å². The van der Waals surface area contributed by atoms with Gasteiger partial charge in [0.25, 0.3) is 0 Å². The quantitative estimate of drug-likeness (QED) is 0.667. The fraction of sp³-hybridized carbons (Fsp3) is 0.240. The normalized spacial score (nSPS) is 15.7. The maximum atomic E-state index is 13.3. The Kier molecular flexibility index (Phi) is 4.48. The number of benzene rings is 3. The first-order valence-electron chi connectivity index (χ1n) is 10.2. The predicted molar refractivity (Wildman–Crippen MR) is 116 cm³/mol. The van der Waals surface area contributed by atoms with Crippen molar-refractivity contribution in [3.63, 3.8) is 0 Å². The maximum Gasteiger partial charge on any atom is 0.235 e. The third-order valence-electron chi connectivity index (χ3n) is 6.06. The molecule has 0 aromatic heterocycles. The Morgan fingerprint density at radius 2 is 1.80 bits per heavy atom. The summed E-state index contributed by atoms with van der Waals surface area (Å²) in [5.41, 5.74) is 13.0. The van der Waals surface area contributed by atoms with Crippen LogP contribution in [0.4, 0.5) is 5.69 Å². The molecule has 2 N–H and O–H groups in total. The fourth-order valence-corrected chi connectivity index (χ4v) is 4.01. The summed E-state index contributed by atoms with van der Waals surface area (Å²) >= 11 is 0. The van der Waals surface area contributed by atoms with Crippen molar-refractivity contribution in [1.82, 2.24) is 5.73 Å². The second kappa shape index (κ2) is 7.18. The molecule has 5 nitrogen and oxygen atoms in total. The Hall–Kier alpha value is -3.31. The van der Waals surface area contributed by atoms with E-state index in [-0.39, 0.29) is 19.2 Å². The Morgan fingerprint density at radius 1 is 1.00 bits per heavy atom. The lowest BCUT2D eigenvalue weighted by atomic mass is 9.94. The van der Waals surface area contributed by atoms with Gasteiger partial charge in [-0.3, -0.25) is 10.5 Å². The molecule has 5 heteroatoms. The Balaban J connectivity index is 1.42. The third kappa shape index (κ3) is 3.21. The van der Waals surface area contributed by atoms with Crippen LogP contribution in [-0.4, -0.2) is 12.7 Å². The maximum absolute atomic E-state index is 13.3. The van der Waals surface area contributed by atoms with E-state index in [1.807, 2.05) is 61.5 Å². The predicted octanol–water partition coefficient (Wildman–Crippen LogP) is 4.84.